The summed E-state index contributed by atoms with van der Waals surface area (Å²) >= 11 is 0. The van der Waals surface area contributed by atoms with Crippen molar-refractivity contribution in [2.75, 3.05) is 21.3 Å². The first-order valence-electron chi connectivity index (χ1n) is 6.44. The number of methoxy groups -OCH3 is 2. The van der Waals surface area contributed by atoms with Gasteiger partial charge >= 0.3 is 0 Å². The van der Waals surface area contributed by atoms with Crippen LogP contribution in [0, 0.1) is 11.6 Å². The topological polar surface area (TPSA) is 30.5 Å². The van der Waals surface area contributed by atoms with Gasteiger partial charge < -0.3 is 14.8 Å². The second-order valence-electron chi connectivity index (χ2n) is 4.51. The molecule has 1 atom stereocenters. The average molecular weight is 293 g/mol. The number of nitrogens with one attached hydrogen (secondary N) is 1. The number of rotatable bonds is 5. The highest BCUT2D eigenvalue weighted by Gasteiger charge is 2.16. The third kappa shape index (κ3) is 3.13. The van der Waals surface area contributed by atoms with Gasteiger partial charge in [0, 0.05) is 0 Å². The lowest BCUT2D eigenvalue weighted by molar-refractivity contribution is 0.384. The molecule has 21 heavy (non-hydrogen) atoms. The summed E-state index contributed by atoms with van der Waals surface area (Å²) in [7, 11) is 4.57. The minimum atomic E-state index is -0.440. The summed E-state index contributed by atoms with van der Waals surface area (Å²) in [5, 5.41) is 3.08. The van der Waals surface area contributed by atoms with E-state index in [9.17, 15) is 8.78 Å². The Kier molecular flexibility index (Phi) is 4.75. The van der Waals surface area contributed by atoms with Crippen molar-refractivity contribution in [3.63, 3.8) is 0 Å². The monoisotopic (exact) mass is 293 g/mol. The van der Waals surface area contributed by atoms with Gasteiger partial charge in [-0.1, -0.05) is 12.1 Å². The summed E-state index contributed by atoms with van der Waals surface area (Å²) in [5.41, 5.74) is 1.49. The zero-order valence-corrected chi connectivity index (χ0v) is 12.1. The summed E-state index contributed by atoms with van der Waals surface area (Å²) in [6.07, 6.45) is 0. The summed E-state index contributed by atoms with van der Waals surface area (Å²) in [4.78, 5) is 0. The predicted octanol–water partition coefficient (Wildman–Crippen LogP) is 3.29. The highest BCUT2D eigenvalue weighted by atomic mass is 19.1. The normalized spacial score (nSPS) is 12.0. The van der Waals surface area contributed by atoms with Crippen molar-refractivity contribution in [2.45, 2.75) is 6.04 Å². The van der Waals surface area contributed by atoms with Crippen LogP contribution in [-0.2, 0) is 0 Å². The van der Waals surface area contributed by atoms with E-state index in [4.69, 9.17) is 9.47 Å². The van der Waals surface area contributed by atoms with Crippen LogP contribution in [-0.4, -0.2) is 21.3 Å². The van der Waals surface area contributed by atoms with Crippen molar-refractivity contribution in [1.29, 1.82) is 0 Å². The Morgan fingerprint density at radius 3 is 2.05 bits per heavy atom. The molecule has 3 nitrogen and oxygen atoms in total. The third-order valence-corrected chi connectivity index (χ3v) is 3.31. The molecule has 0 fully saturated rings. The van der Waals surface area contributed by atoms with Gasteiger partial charge in [0.05, 0.1) is 20.3 Å². The molecular formula is C16H17F2NO2. The van der Waals surface area contributed by atoms with E-state index < -0.39 is 11.6 Å². The second kappa shape index (κ2) is 6.54. The molecule has 0 aliphatic heterocycles. The molecule has 1 N–H and O–H groups in total. The molecule has 0 aliphatic carbocycles. The van der Waals surface area contributed by atoms with Crippen LogP contribution in [0.5, 0.6) is 11.5 Å². The number of ether oxygens (including phenoxy) is 2. The summed E-state index contributed by atoms with van der Waals surface area (Å²) in [6.45, 7) is 0. The van der Waals surface area contributed by atoms with Crippen LogP contribution in [0.4, 0.5) is 8.78 Å². The van der Waals surface area contributed by atoms with Crippen molar-refractivity contribution >= 4 is 0 Å². The van der Waals surface area contributed by atoms with Gasteiger partial charge in [-0.05, 0) is 42.4 Å². The lowest BCUT2D eigenvalue weighted by atomic mass is 9.98. The van der Waals surface area contributed by atoms with E-state index in [-0.39, 0.29) is 17.5 Å². The Labute approximate surface area is 122 Å². The van der Waals surface area contributed by atoms with Gasteiger partial charge in [-0.25, -0.2) is 8.78 Å². The van der Waals surface area contributed by atoms with Gasteiger partial charge in [0.2, 0.25) is 0 Å². The first-order chi connectivity index (χ1) is 10.1. The zero-order chi connectivity index (χ0) is 15.4. The fourth-order valence-electron chi connectivity index (χ4n) is 2.24. The Bertz CT molecular complexity index is 632. The SMILES string of the molecule is CNC(c1ccc(OC)c(F)c1)c1ccc(F)c(OC)c1. The highest BCUT2D eigenvalue weighted by Crippen LogP contribution is 2.29. The Balaban J connectivity index is 2.41. The number of benzene rings is 2. The molecule has 1 unspecified atom stereocenters. The van der Waals surface area contributed by atoms with Gasteiger partial charge in [0.1, 0.15) is 0 Å². The van der Waals surface area contributed by atoms with Gasteiger partial charge in [0.15, 0.2) is 23.1 Å². The van der Waals surface area contributed by atoms with E-state index in [2.05, 4.69) is 5.32 Å². The maximum Gasteiger partial charge on any atom is 0.165 e. The lowest BCUT2D eigenvalue weighted by Crippen LogP contribution is -2.18. The van der Waals surface area contributed by atoms with E-state index >= 15 is 0 Å². The van der Waals surface area contributed by atoms with Crippen molar-refractivity contribution < 1.29 is 18.3 Å². The standard InChI is InChI=1S/C16H17F2NO2/c1-19-16(10-5-7-14(20-2)13(18)8-10)11-4-6-12(17)15(9-11)21-3/h4-9,16,19H,1-3H3. The van der Waals surface area contributed by atoms with Crippen LogP contribution < -0.4 is 14.8 Å². The van der Waals surface area contributed by atoms with E-state index in [0.29, 0.717) is 5.56 Å². The molecule has 2 aromatic carbocycles. The van der Waals surface area contributed by atoms with Crippen LogP contribution in [0.1, 0.15) is 17.2 Å². The van der Waals surface area contributed by atoms with Crippen LogP contribution in [0.25, 0.3) is 0 Å². The largest absolute Gasteiger partial charge is 0.494 e. The van der Waals surface area contributed by atoms with Crippen LogP contribution in [0.15, 0.2) is 36.4 Å². The van der Waals surface area contributed by atoms with E-state index in [1.54, 1.807) is 31.3 Å². The number of hydrogen-bond acceptors (Lipinski definition) is 3. The van der Waals surface area contributed by atoms with Crippen molar-refractivity contribution in [3.8, 4) is 11.5 Å². The van der Waals surface area contributed by atoms with Crippen molar-refractivity contribution in [3.05, 3.63) is 59.2 Å². The molecular weight excluding hydrogens is 276 g/mol. The number of halogens is 2. The second-order valence-corrected chi connectivity index (χ2v) is 4.51. The van der Waals surface area contributed by atoms with E-state index in [1.807, 2.05) is 0 Å². The molecule has 0 bridgehead atoms. The fraction of sp³-hybridized carbons (Fsp3) is 0.250. The lowest BCUT2D eigenvalue weighted by Gasteiger charge is -2.18. The van der Waals surface area contributed by atoms with E-state index in [1.165, 1.54) is 26.4 Å². The average Bonchev–Trinajstić information content (AvgIpc) is 2.49. The molecule has 0 amide bonds. The van der Waals surface area contributed by atoms with Crippen molar-refractivity contribution in [2.24, 2.45) is 0 Å². The smallest absolute Gasteiger partial charge is 0.165 e. The summed E-state index contributed by atoms with van der Waals surface area (Å²) < 4.78 is 37.2. The van der Waals surface area contributed by atoms with Gasteiger partial charge in [-0.15, -0.1) is 0 Å². The molecule has 0 aromatic heterocycles. The molecule has 0 saturated carbocycles. The zero-order valence-electron chi connectivity index (χ0n) is 12.1. The summed E-state index contributed by atoms with van der Waals surface area (Å²) in [6, 6.07) is 9.02. The Morgan fingerprint density at radius 2 is 1.48 bits per heavy atom. The summed E-state index contributed by atoms with van der Waals surface area (Å²) in [5.74, 6) is -0.534. The third-order valence-electron chi connectivity index (χ3n) is 3.31. The van der Waals surface area contributed by atoms with Gasteiger partial charge in [-0.3, -0.25) is 0 Å². The molecule has 2 aromatic rings. The quantitative estimate of drug-likeness (QED) is 0.917. The van der Waals surface area contributed by atoms with E-state index in [0.717, 1.165) is 5.56 Å². The number of hydrogen-bond donors (Lipinski definition) is 1. The molecule has 5 heteroatoms. The molecule has 0 aliphatic rings. The highest BCUT2D eigenvalue weighted by molar-refractivity contribution is 5.39. The van der Waals surface area contributed by atoms with Crippen LogP contribution in [0.2, 0.25) is 0 Å². The molecule has 112 valence electrons. The minimum Gasteiger partial charge on any atom is -0.494 e. The first kappa shape index (κ1) is 15.3. The Hall–Kier alpha value is -2.14. The molecule has 2 rings (SSSR count). The van der Waals surface area contributed by atoms with Gasteiger partial charge in [0.25, 0.3) is 0 Å². The molecule has 0 spiro atoms. The molecule has 0 saturated heterocycles. The molecule has 0 radical (unpaired) electrons. The maximum atomic E-state index is 13.8. The van der Waals surface area contributed by atoms with Crippen LogP contribution in [0.3, 0.4) is 0 Å². The molecule has 0 heterocycles. The minimum absolute atomic E-state index is 0.154. The van der Waals surface area contributed by atoms with Crippen molar-refractivity contribution in [1.82, 2.24) is 5.32 Å². The Morgan fingerprint density at radius 1 is 0.857 bits per heavy atom. The fourth-order valence-corrected chi connectivity index (χ4v) is 2.24. The first-order valence-corrected chi connectivity index (χ1v) is 6.44. The maximum absolute atomic E-state index is 13.8. The predicted molar refractivity (Wildman–Crippen MR) is 76.8 cm³/mol. The van der Waals surface area contributed by atoms with Gasteiger partial charge in [-0.2, -0.15) is 0 Å². The van der Waals surface area contributed by atoms with Crippen LogP contribution >= 0.6 is 0 Å².